The molecule has 0 aromatic heterocycles. The summed E-state index contributed by atoms with van der Waals surface area (Å²) in [7, 11) is 0. The van der Waals surface area contributed by atoms with Crippen molar-refractivity contribution in [1.82, 2.24) is 4.90 Å². The molecule has 0 N–H and O–H groups in total. The minimum Gasteiger partial charge on any atom is -0.463 e. The fourth-order valence-electron chi connectivity index (χ4n) is 2.00. The van der Waals surface area contributed by atoms with Gasteiger partial charge in [-0.05, 0) is 39.7 Å². The van der Waals surface area contributed by atoms with E-state index in [2.05, 4.69) is 4.90 Å². The maximum atomic E-state index is 11.5. The Kier molecular flexibility index (Phi) is 8.87. The van der Waals surface area contributed by atoms with Crippen molar-refractivity contribution in [3.8, 4) is 0 Å². The average molecular weight is 327 g/mol. The van der Waals surface area contributed by atoms with Gasteiger partial charge in [0.25, 0.3) is 0 Å². The predicted molar refractivity (Wildman–Crippen MR) is 87.1 cm³/mol. The minimum atomic E-state index is -0.527. The molecule has 23 heavy (non-hydrogen) atoms. The van der Waals surface area contributed by atoms with E-state index >= 15 is 0 Å². The quantitative estimate of drug-likeness (QED) is 0.366. The van der Waals surface area contributed by atoms with E-state index in [1.807, 2.05) is 20.8 Å². The van der Waals surface area contributed by atoms with Crippen molar-refractivity contribution < 1.29 is 23.8 Å². The number of morpholine rings is 1. The van der Waals surface area contributed by atoms with Crippen LogP contribution < -0.4 is 0 Å². The fraction of sp³-hybridized carbons (Fsp3) is 0.765. The molecule has 0 aromatic rings. The zero-order valence-electron chi connectivity index (χ0n) is 14.5. The van der Waals surface area contributed by atoms with E-state index in [1.54, 1.807) is 0 Å². The molecule has 1 heterocycles. The summed E-state index contributed by atoms with van der Waals surface area (Å²) < 4.78 is 15.5. The Hall–Kier alpha value is -1.40. The third kappa shape index (κ3) is 9.36. The number of carbonyl (C=O) groups excluding carboxylic acids is 2. The van der Waals surface area contributed by atoms with E-state index in [0.29, 0.717) is 13.0 Å². The van der Waals surface area contributed by atoms with E-state index in [-0.39, 0.29) is 0 Å². The molecule has 6 heteroatoms. The zero-order chi connectivity index (χ0) is 17.1. The van der Waals surface area contributed by atoms with Crippen molar-refractivity contribution in [2.24, 2.45) is 0 Å². The topological polar surface area (TPSA) is 65.1 Å². The average Bonchev–Trinajstić information content (AvgIpc) is 2.53. The first kappa shape index (κ1) is 19.6. The van der Waals surface area contributed by atoms with Gasteiger partial charge in [-0.1, -0.05) is 6.92 Å². The summed E-state index contributed by atoms with van der Waals surface area (Å²) in [5, 5.41) is 0. The number of hydrogen-bond donors (Lipinski definition) is 0. The molecule has 132 valence electrons. The van der Waals surface area contributed by atoms with Crippen LogP contribution >= 0.6 is 0 Å². The number of unbranched alkanes of at least 4 members (excludes halogenated alkanes) is 1. The molecule has 0 spiro atoms. The van der Waals surface area contributed by atoms with Crippen molar-refractivity contribution in [2.75, 3.05) is 39.5 Å². The SMILES string of the molecule is CCC(C)(C)OC(=O)C=CC(=O)OCCCCN1CCOCC1. The van der Waals surface area contributed by atoms with Crippen molar-refractivity contribution in [1.29, 1.82) is 0 Å². The van der Waals surface area contributed by atoms with Crippen LogP contribution in [0.4, 0.5) is 0 Å². The molecule has 1 rings (SSSR count). The molecule has 0 amide bonds. The second-order valence-electron chi connectivity index (χ2n) is 6.20. The van der Waals surface area contributed by atoms with Gasteiger partial charge in [-0.2, -0.15) is 0 Å². The normalized spacial score (nSPS) is 16.5. The summed E-state index contributed by atoms with van der Waals surface area (Å²) in [6.07, 6.45) is 4.73. The van der Waals surface area contributed by atoms with Gasteiger partial charge in [-0.15, -0.1) is 0 Å². The largest absolute Gasteiger partial charge is 0.463 e. The van der Waals surface area contributed by atoms with Crippen LogP contribution in [0.2, 0.25) is 0 Å². The van der Waals surface area contributed by atoms with Crippen LogP contribution in [-0.2, 0) is 23.8 Å². The Morgan fingerprint density at radius 1 is 1.13 bits per heavy atom. The summed E-state index contributed by atoms with van der Waals surface area (Å²) in [5.41, 5.74) is -0.523. The summed E-state index contributed by atoms with van der Waals surface area (Å²) in [5.74, 6) is -1.04. The summed E-state index contributed by atoms with van der Waals surface area (Å²) in [6, 6.07) is 0. The Balaban J connectivity index is 2.09. The molecule has 1 aliphatic heterocycles. The molecular weight excluding hydrogens is 298 g/mol. The molecule has 0 radical (unpaired) electrons. The van der Waals surface area contributed by atoms with Crippen molar-refractivity contribution in [3.05, 3.63) is 12.2 Å². The number of esters is 2. The highest BCUT2D eigenvalue weighted by Gasteiger charge is 2.18. The van der Waals surface area contributed by atoms with Crippen LogP contribution in [0, 0.1) is 0 Å². The van der Waals surface area contributed by atoms with Gasteiger partial charge in [-0.3, -0.25) is 4.90 Å². The van der Waals surface area contributed by atoms with Crippen molar-refractivity contribution in [2.45, 2.75) is 45.6 Å². The lowest BCUT2D eigenvalue weighted by molar-refractivity contribution is -0.151. The molecular formula is C17H29NO5. The Morgan fingerprint density at radius 2 is 1.78 bits per heavy atom. The molecule has 6 nitrogen and oxygen atoms in total. The van der Waals surface area contributed by atoms with Gasteiger partial charge in [-0.25, -0.2) is 9.59 Å². The molecule has 1 fully saturated rings. The number of nitrogens with zero attached hydrogens (tertiary/aromatic N) is 1. The van der Waals surface area contributed by atoms with Crippen LogP contribution in [0.5, 0.6) is 0 Å². The van der Waals surface area contributed by atoms with Crippen LogP contribution in [-0.4, -0.2) is 61.9 Å². The standard InChI is InChI=1S/C17H29NO5/c1-4-17(2,3)23-16(20)8-7-15(19)22-12-6-5-9-18-10-13-21-14-11-18/h7-8H,4-6,9-14H2,1-3H3. The highest BCUT2D eigenvalue weighted by atomic mass is 16.6. The summed E-state index contributed by atoms with van der Waals surface area (Å²) >= 11 is 0. The molecule has 0 aromatic carbocycles. The maximum Gasteiger partial charge on any atom is 0.331 e. The molecule has 1 aliphatic rings. The highest BCUT2D eigenvalue weighted by molar-refractivity contribution is 5.91. The number of hydrogen-bond acceptors (Lipinski definition) is 6. The third-order valence-electron chi connectivity index (χ3n) is 3.80. The predicted octanol–water partition coefficient (Wildman–Crippen LogP) is 1.93. The lowest BCUT2D eigenvalue weighted by atomic mass is 10.1. The molecule has 0 atom stereocenters. The molecule has 0 saturated carbocycles. The van der Waals surface area contributed by atoms with E-state index in [1.165, 1.54) is 0 Å². The first-order valence-electron chi connectivity index (χ1n) is 8.31. The Labute approximate surface area is 138 Å². The highest BCUT2D eigenvalue weighted by Crippen LogP contribution is 2.13. The van der Waals surface area contributed by atoms with Gasteiger partial charge in [0.05, 0.1) is 19.8 Å². The Bertz CT molecular complexity index is 400. The van der Waals surface area contributed by atoms with Gasteiger partial charge < -0.3 is 14.2 Å². The van der Waals surface area contributed by atoms with Gasteiger partial charge in [0.2, 0.25) is 0 Å². The van der Waals surface area contributed by atoms with Gasteiger partial charge in [0, 0.05) is 25.2 Å². The Morgan fingerprint density at radius 3 is 2.43 bits per heavy atom. The lowest BCUT2D eigenvalue weighted by Gasteiger charge is -2.26. The van der Waals surface area contributed by atoms with Crippen LogP contribution in [0.15, 0.2) is 12.2 Å². The third-order valence-corrected chi connectivity index (χ3v) is 3.80. The number of carbonyl (C=O) groups is 2. The van der Waals surface area contributed by atoms with Crippen LogP contribution in [0.3, 0.4) is 0 Å². The lowest BCUT2D eigenvalue weighted by Crippen LogP contribution is -2.36. The first-order chi connectivity index (χ1) is 10.9. The number of ether oxygens (including phenoxy) is 3. The maximum absolute atomic E-state index is 11.5. The smallest absolute Gasteiger partial charge is 0.331 e. The van der Waals surface area contributed by atoms with E-state index in [4.69, 9.17) is 14.2 Å². The van der Waals surface area contributed by atoms with Crippen LogP contribution in [0.25, 0.3) is 0 Å². The summed E-state index contributed by atoms with van der Waals surface area (Å²) in [6.45, 7) is 10.5. The first-order valence-corrected chi connectivity index (χ1v) is 8.31. The molecule has 1 saturated heterocycles. The van der Waals surface area contributed by atoms with Crippen molar-refractivity contribution in [3.63, 3.8) is 0 Å². The fourth-order valence-corrected chi connectivity index (χ4v) is 2.00. The van der Waals surface area contributed by atoms with Crippen molar-refractivity contribution >= 4 is 11.9 Å². The zero-order valence-corrected chi connectivity index (χ0v) is 14.5. The van der Waals surface area contributed by atoms with E-state index < -0.39 is 17.5 Å². The minimum absolute atomic E-state index is 0.364. The van der Waals surface area contributed by atoms with E-state index in [0.717, 1.165) is 57.8 Å². The van der Waals surface area contributed by atoms with Gasteiger partial charge in [0.15, 0.2) is 0 Å². The van der Waals surface area contributed by atoms with E-state index in [9.17, 15) is 9.59 Å². The monoisotopic (exact) mass is 327 g/mol. The van der Waals surface area contributed by atoms with Gasteiger partial charge >= 0.3 is 11.9 Å². The van der Waals surface area contributed by atoms with Crippen LogP contribution in [0.1, 0.15) is 40.0 Å². The summed E-state index contributed by atoms with van der Waals surface area (Å²) in [4.78, 5) is 25.4. The van der Waals surface area contributed by atoms with Gasteiger partial charge in [0.1, 0.15) is 5.60 Å². The molecule has 0 aliphatic carbocycles. The second-order valence-corrected chi connectivity index (χ2v) is 6.20. The molecule has 0 bridgehead atoms. The number of rotatable bonds is 9. The molecule has 0 unspecified atom stereocenters. The second kappa shape index (κ2) is 10.4.